The fraction of sp³-hybridized carbons (Fsp3) is 0.222. The number of aliphatic hydroxyl groups is 2. The molecule has 2 N–H and O–H groups in total. The van der Waals surface area contributed by atoms with Gasteiger partial charge >= 0.3 is 0 Å². The van der Waals surface area contributed by atoms with Crippen LogP contribution in [0.25, 0.3) is 0 Å². The topological polar surface area (TPSA) is 64.2 Å². The number of nitrogens with zero attached hydrogens (tertiary/aromatic N) is 1. The number of rotatable bonds is 2. The Kier molecular flexibility index (Phi) is 10.3. The molecule has 0 fully saturated rings. The van der Waals surface area contributed by atoms with Crippen LogP contribution < -0.4 is 0 Å². The van der Waals surface area contributed by atoms with Gasteiger partial charge in [-0.15, -0.1) is 0 Å². The highest BCUT2D eigenvalue weighted by Gasteiger charge is 1.85. The molecule has 0 aromatic rings. The third-order valence-electron chi connectivity index (χ3n) is 0.829. The summed E-state index contributed by atoms with van der Waals surface area (Å²) in [4.78, 5) is 0. The molecule has 0 atom stereocenters. The molecular formula is C9H13NO2. The third kappa shape index (κ3) is 8.47. The Balaban J connectivity index is 0. The lowest BCUT2D eigenvalue weighted by molar-refractivity contribution is 0.399. The van der Waals surface area contributed by atoms with Crippen LogP contribution in [0.1, 0.15) is 6.92 Å². The fourth-order valence-electron chi connectivity index (χ4n) is 0.423. The quantitative estimate of drug-likeness (QED) is 0.373. The summed E-state index contributed by atoms with van der Waals surface area (Å²) in [6.07, 6.45) is 4.25. The monoisotopic (exact) mass is 167 g/mol. The first kappa shape index (κ1) is 13.1. The van der Waals surface area contributed by atoms with E-state index in [2.05, 4.69) is 6.58 Å². The summed E-state index contributed by atoms with van der Waals surface area (Å²) >= 11 is 0. The van der Waals surface area contributed by atoms with Crippen molar-refractivity contribution in [3.63, 3.8) is 0 Å². The molecule has 0 radical (unpaired) electrons. The molecule has 0 heterocycles. The highest BCUT2D eigenvalue weighted by molar-refractivity contribution is 5.27. The lowest BCUT2D eigenvalue weighted by Crippen LogP contribution is -1.74. The molecule has 0 aliphatic carbocycles. The van der Waals surface area contributed by atoms with Gasteiger partial charge in [0.05, 0.1) is 6.07 Å². The average molecular weight is 167 g/mol. The zero-order valence-electron chi connectivity index (χ0n) is 7.28. The van der Waals surface area contributed by atoms with Crippen molar-refractivity contribution in [2.75, 3.05) is 7.11 Å². The van der Waals surface area contributed by atoms with E-state index in [9.17, 15) is 0 Å². The lowest BCUT2D eigenvalue weighted by atomic mass is 10.3. The standard InChI is InChI=1S/C8H9NO.CH4O/c1-3-4-8(10)5-7(2)6-9;1-2/h3-5,10H,1H2,2H3;2H,1H3/b7-5-,8-4-;. The number of nitriles is 1. The zero-order valence-corrected chi connectivity index (χ0v) is 7.28. The second-order valence-electron chi connectivity index (χ2n) is 1.77. The van der Waals surface area contributed by atoms with Crippen molar-refractivity contribution in [3.8, 4) is 6.07 Å². The van der Waals surface area contributed by atoms with Gasteiger partial charge in [-0.2, -0.15) is 5.26 Å². The van der Waals surface area contributed by atoms with Crippen molar-refractivity contribution in [3.05, 3.63) is 36.1 Å². The molecule has 0 unspecified atom stereocenters. The summed E-state index contributed by atoms with van der Waals surface area (Å²) < 4.78 is 0. The number of hydrogen-bond acceptors (Lipinski definition) is 3. The molecular weight excluding hydrogens is 154 g/mol. The summed E-state index contributed by atoms with van der Waals surface area (Å²) in [6.45, 7) is 5.00. The summed E-state index contributed by atoms with van der Waals surface area (Å²) in [5, 5.41) is 24.2. The predicted molar refractivity (Wildman–Crippen MR) is 48.4 cm³/mol. The normalized spacial score (nSPS) is 10.8. The number of aliphatic hydroxyl groups excluding tert-OH is 2. The highest BCUT2D eigenvalue weighted by atomic mass is 16.3. The Morgan fingerprint density at radius 1 is 1.50 bits per heavy atom. The molecule has 0 saturated carbocycles. The minimum atomic E-state index is 0.0500. The molecule has 12 heavy (non-hydrogen) atoms. The SMILES string of the molecule is C=C/C=C(O)/C=C(/C)C#N.CO. The van der Waals surface area contributed by atoms with Crippen LogP contribution in [0.2, 0.25) is 0 Å². The molecule has 0 rings (SSSR count). The maximum atomic E-state index is 8.91. The van der Waals surface area contributed by atoms with Crippen LogP contribution in [-0.2, 0) is 0 Å². The van der Waals surface area contributed by atoms with Crippen molar-refractivity contribution in [1.82, 2.24) is 0 Å². The summed E-state index contributed by atoms with van der Waals surface area (Å²) in [5.41, 5.74) is 0.468. The summed E-state index contributed by atoms with van der Waals surface area (Å²) in [5.74, 6) is 0.0500. The Hall–Kier alpha value is -1.53. The van der Waals surface area contributed by atoms with Gasteiger partial charge in [-0.3, -0.25) is 0 Å². The Morgan fingerprint density at radius 2 is 2.00 bits per heavy atom. The Labute approximate surface area is 72.6 Å². The van der Waals surface area contributed by atoms with Crippen LogP contribution in [-0.4, -0.2) is 17.3 Å². The van der Waals surface area contributed by atoms with Crippen molar-refractivity contribution >= 4 is 0 Å². The second-order valence-corrected chi connectivity index (χ2v) is 1.77. The van der Waals surface area contributed by atoms with Crippen molar-refractivity contribution in [1.29, 1.82) is 5.26 Å². The summed E-state index contributed by atoms with van der Waals surface area (Å²) in [6, 6.07) is 1.88. The van der Waals surface area contributed by atoms with Crippen LogP contribution in [0.3, 0.4) is 0 Å². The van der Waals surface area contributed by atoms with E-state index < -0.39 is 0 Å². The average Bonchev–Trinajstić information content (AvgIpc) is 2.08. The highest BCUT2D eigenvalue weighted by Crippen LogP contribution is 1.96. The molecule has 0 amide bonds. The van der Waals surface area contributed by atoms with Gasteiger partial charge in [-0.1, -0.05) is 12.7 Å². The predicted octanol–water partition coefficient (Wildman–Crippen LogP) is 1.69. The molecule has 0 bridgehead atoms. The van der Waals surface area contributed by atoms with Crippen molar-refractivity contribution < 1.29 is 10.2 Å². The van der Waals surface area contributed by atoms with Crippen LogP contribution in [0, 0.1) is 11.3 Å². The van der Waals surface area contributed by atoms with Gasteiger partial charge in [-0.05, 0) is 19.1 Å². The molecule has 3 nitrogen and oxygen atoms in total. The van der Waals surface area contributed by atoms with E-state index in [1.807, 2.05) is 6.07 Å². The smallest absolute Gasteiger partial charge is 0.116 e. The number of allylic oxidation sites excluding steroid dienone is 4. The maximum Gasteiger partial charge on any atom is 0.116 e. The van der Waals surface area contributed by atoms with E-state index in [1.165, 1.54) is 18.2 Å². The van der Waals surface area contributed by atoms with Crippen LogP contribution in [0.4, 0.5) is 0 Å². The van der Waals surface area contributed by atoms with E-state index in [4.69, 9.17) is 15.5 Å². The molecule has 0 aliphatic rings. The summed E-state index contributed by atoms with van der Waals surface area (Å²) in [7, 11) is 1.00. The first-order chi connectivity index (χ1) is 5.70. The van der Waals surface area contributed by atoms with Crippen molar-refractivity contribution in [2.45, 2.75) is 6.92 Å². The molecule has 0 saturated heterocycles. The first-order valence-corrected chi connectivity index (χ1v) is 3.25. The van der Waals surface area contributed by atoms with Gasteiger partial charge in [0.2, 0.25) is 0 Å². The first-order valence-electron chi connectivity index (χ1n) is 3.25. The van der Waals surface area contributed by atoms with E-state index in [-0.39, 0.29) is 5.76 Å². The van der Waals surface area contributed by atoms with E-state index in [1.54, 1.807) is 6.92 Å². The molecule has 0 aliphatic heterocycles. The van der Waals surface area contributed by atoms with Crippen LogP contribution >= 0.6 is 0 Å². The van der Waals surface area contributed by atoms with E-state index >= 15 is 0 Å². The zero-order chi connectivity index (χ0) is 9.98. The van der Waals surface area contributed by atoms with E-state index in [0.717, 1.165) is 7.11 Å². The largest absolute Gasteiger partial charge is 0.508 e. The van der Waals surface area contributed by atoms with Gasteiger partial charge in [0.15, 0.2) is 0 Å². The fourth-order valence-corrected chi connectivity index (χ4v) is 0.423. The van der Waals surface area contributed by atoms with Gasteiger partial charge in [0, 0.05) is 12.7 Å². The number of hydrogen-bond donors (Lipinski definition) is 2. The Morgan fingerprint density at radius 3 is 2.33 bits per heavy atom. The third-order valence-corrected chi connectivity index (χ3v) is 0.829. The van der Waals surface area contributed by atoms with Crippen LogP contribution in [0.5, 0.6) is 0 Å². The maximum absolute atomic E-state index is 8.91. The van der Waals surface area contributed by atoms with Gasteiger partial charge in [0.25, 0.3) is 0 Å². The molecule has 0 spiro atoms. The van der Waals surface area contributed by atoms with E-state index in [0.29, 0.717) is 5.57 Å². The minimum absolute atomic E-state index is 0.0500. The van der Waals surface area contributed by atoms with Crippen LogP contribution in [0.15, 0.2) is 36.1 Å². The molecule has 3 heteroatoms. The van der Waals surface area contributed by atoms with Crippen molar-refractivity contribution in [2.24, 2.45) is 0 Å². The molecule has 66 valence electrons. The second kappa shape index (κ2) is 9.47. The van der Waals surface area contributed by atoms with Gasteiger partial charge in [-0.25, -0.2) is 0 Å². The van der Waals surface area contributed by atoms with Gasteiger partial charge in [0.1, 0.15) is 5.76 Å². The minimum Gasteiger partial charge on any atom is -0.508 e. The molecule has 0 aromatic heterocycles. The lowest BCUT2D eigenvalue weighted by Gasteiger charge is -1.86. The molecule has 0 aromatic carbocycles. The van der Waals surface area contributed by atoms with Gasteiger partial charge < -0.3 is 10.2 Å². The Bertz CT molecular complexity index is 221.